The van der Waals surface area contributed by atoms with Crippen LogP contribution in [0.3, 0.4) is 0 Å². The van der Waals surface area contributed by atoms with Gasteiger partial charge in [0.05, 0.1) is 0 Å². The molecule has 4 amide bonds. The van der Waals surface area contributed by atoms with Crippen molar-refractivity contribution in [3.05, 3.63) is 0 Å². The van der Waals surface area contributed by atoms with Crippen molar-refractivity contribution >= 4 is 35.3 Å². The highest BCUT2D eigenvalue weighted by Crippen LogP contribution is 1.35. The summed E-state index contributed by atoms with van der Waals surface area (Å²) in [5, 5.41) is 28.8. The Labute approximate surface area is 98.8 Å². The van der Waals surface area contributed by atoms with Gasteiger partial charge in [0, 0.05) is 0 Å². The van der Waals surface area contributed by atoms with Gasteiger partial charge < -0.3 is 43.4 Å². The molecule has 0 rings (SSSR count). The lowest BCUT2D eigenvalue weighted by Crippen LogP contribution is -2.03. The van der Waals surface area contributed by atoms with Crippen LogP contribution in [0.15, 0.2) is 0 Å². The van der Waals surface area contributed by atoms with Gasteiger partial charge in [0.1, 0.15) is 0 Å². The summed E-state index contributed by atoms with van der Waals surface area (Å²) in [6, 6.07) is 0. The predicted molar refractivity (Wildman–Crippen MR) is 60.2 cm³/mol. The maximum absolute atomic E-state index is 8.78. The Morgan fingerprint density at radius 1 is 0.529 bits per heavy atom. The van der Waals surface area contributed by atoms with Crippen LogP contribution < -0.4 is 22.9 Å². The number of nitrogens with two attached hydrogens (primary N) is 4. The first-order valence-electron chi connectivity index (χ1n) is 2.87. The first-order chi connectivity index (χ1) is 6.93. The summed E-state index contributed by atoms with van der Waals surface area (Å²) in [6.07, 6.45) is -5.33. The van der Waals surface area contributed by atoms with Gasteiger partial charge in [-0.15, -0.1) is 0 Å². The van der Waals surface area contributed by atoms with Crippen LogP contribution in [0.2, 0.25) is 0 Å². The van der Waals surface area contributed by atoms with E-state index < -0.39 is 24.4 Å². The molecule has 13 heteroatoms. The standard InChI is InChI=1S/4CH3NO2.H4Si/c4*2-1(3)4;/h4*2H2,(H,3,4);1H4. The van der Waals surface area contributed by atoms with E-state index in [-0.39, 0.29) is 11.0 Å². The third-order valence-electron chi connectivity index (χ3n) is 0. The van der Waals surface area contributed by atoms with Crippen molar-refractivity contribution in [3.8, 4) is 0 Å². The van der Waals surface area contributed by atoms with Gasteiger partial charge in [-0.25, -0.2) is 19.2 Å². The molecule has 17 heavy (non-hydrogen) atoms. The molecule has 0 unspecified atom stereocenters. The van der Waals surface area contributed by atoms with E-state index in [4.69, 9.17) is 39.6 Å². The third-order valence-corrected chi connectivity index (χ3v) is 0. The smallest absolute Gasteiger partial charge is 0.402 e. The second-order valence-electron chi connectivity index (χ2n) is 1.35. The zero-order chi connectivity index (χ0) is 14.3. The summed E-state index contributed by atoms with van der Waals surface area (Å²) in [5.41, 5.74) is 16.1. The minimum atomic E-state index is -1.33. The molecule has 0 spiro atoms. The van der Waals surface area contributed by atoms with Crippen LogP contribution >= 0.6 is 0 Å². The van der Waals surface area contributed by atoms with Crippen LogP contribution in [0.5, 0.6) is 0 Å². The van der Waals surface area contributed by atoms with Crippen LogP contribution in [-0.4, -0.2) is 55.8 Å². The fourth-order valence-corrected chi connectivity index (χ4v) is 0. The summed E-state index contributed by atoms with van der Waals surface area (Å²) in [5.74, 6) is 0. The van der Waals surface area contributed by atoms with Crippen LogP contribution in [0.1, 0.15) is 0 Å². The molecule has 0 saturated heterocycles. The van der Waals surface area contributed by atoms with Gasteiger partial charge in [0.15, 0.2) is 0 Å². The molecule has 0 atom stereocenters. The molecule has 12 nitrogen and oxygen atoms in total. The molecule has 0 aliphatic carbocycles. The van der Waals surface area contributed by atoms with Gasteiger partial charge in [-0.1, -0.05) is 0 Å². The summed E-state index contributed by atoms with van der Waals surface area (Å²) < 4.78 is 0. The second-order valence-corrected chi connectivity index (χ2v) is 1.35. The van der Waals surface area contributed by atoms with Gasteiger partial charge in [-0.3, -0.25) is 0 Å². The molecule has 12 N–H and O–H groups in total. The Kier molecular flexibility index (Phi) is 40.0. The van der Waals surface area contributed by atoms with Crippen LogP contribution in [0.4, 0.5) is 19.2 Å². The SMILES string of the molecule is NC(=O)O.NC(=O)O.NC(=O)O.NC(=O)O.[SiH4]. The normalized spacial score (nSPS) is 5.65. The number of carboxylic acid groups (broad SMARTS) is 4. The van der Waals surface area contributed by atoms with Crippen LogP contribution in [-0.2, 0) is 0 Å². The molecule has 0 aromatic carbocycles. The van der Waals surface area contributed by atoms with Crippen LogP contribution in [0.25, 0.3) is 0 Å². The Bertz CT molecular complexity index is 170. The number of amides is 4. The average Bonchev–Trinajstić information content (AvgIpc) is 1.76. The lowest BCUT2D eigenvalue weighted by molar-refractivity contribution is 0.204. The van der Waals surface area contributed by atoms with Crippen molar-refractivity contribution in [1.82, 2.24) is 0 Å². The summed E-state index contributed by atoms with van der Waals surface area (Å²) in [6.45, 7) is 0. The Hall–Kier alpha value is -2.70. The van der Waals surface area contributed by atoms with E-state index in [0.717, 1.165) is 0 Å². The van der Waals surface area contributed by atoms with Crippen molar-refractivity contribution in [1.29, 1.82) is 0 Å². The fourth-order valence-electron chi connectivity index (χ4n) is 0. The van der Waals surface area contributed by atoms with Gasteiger partial charge in [-0.05, 0) is 11.0 Å². The minimum Gasteiger partial charge on any atom is -0.465 e. The van der Waals surface area contributed by atoms with E-state index in [1.165, 1.54) is 0 Å². The zero-order valence-electron chi connectivity index (χ0n) is 7.73. The molecular weight excluding hydrogens is 260 g/mol. The fraction of sp³-hybridized carbons (Fsp3) is 0. The Morgan fingerprint density at radius 2 is 0.529 bits per heavy atom. The van der Waals surface area contributed by atoms with E-state index in [1.807, 2.05) is 0 Å². The highest BCUT2D eigenvalue weighted by molar-refractivity contribution is 5.75. The lowest BCUT2D eigenvalue weighted by Gasteiger charge is -1.61. The van der Waals surface area contributed by atoms with Gasteiger partial charge in [0.2, 0.25) is 0 Å². The van der Waals surface area contributed by atoms with E-state index in [0.29, 0.717) is 0 Å². The maximum atomic E-state index is 8.78. The van der Waals surface area contributed by atoms with E-state index >= 15 is 0 Å². The topological polar surface area (TPSA) is 253 Å². The Balaban J connectivity index is -0.0000000369. The van der Waals surface area contributed by atoms with E-state index in [1.54, 1.807) is 0 Å². The predicted octanol–water partition coefficient (Wildman–Crippen LogP) is -2.96. The van der Waals surface area contributed by atoms with Crippen molar-refractivity contribution < 1.29 is 39.6 Å². The van der Waals surface area contributed by atoms with Gasteiger partial charge in [-0.2, -0.15) is 0 Å². The lowest BCUT2D eigenvalue weighted by atomic mass is 11.3. The van der Waals surface area contributed by atoms with Crippen molar-refractivity contribution in [2.45, 2.75) is 0 Å². The summed E-state index contributed by atoms with van der Waals surface area (Å²) >= 11 is 0. The number of carbonyl (C=O) groups is 4. The number of primary amides is 4. The number of rotatable bonds is 0. The number of hydrogen-bond acceptors (Lipinski definition) is 4. The van der Waals surface area contributed by atoms with E-state index in [2.05, 4.69) is 22.9 Å². The maximum Gasteiger partial charge on any atom is 0.402 e. The average molecular weight is 276 g/mol. The molecule has 0 aromatic heterocycles. The van der Waals surface area contributed by atoms with Crippen molar-refractivity contribution in [2.75, 3.05) is 0 Å². The highest BCUT2D eigenvalue weighted by Gasteiger charge is 1.66. The Morgan fingerprint density at radius 3 is 0.529 bits per heavy atom. The minimum absolute atomic E-state index is 0. The van der Waals surface area contributed by atoms with Crippen molar-refractivity contribution in [2.24, 2.45) is 22.9 Å². The third kappa shape index (κ3) is 232. The molecule has 0 aliphatic rings. The first kappa shape index (κ1) is 29.2. The van der Waals surface area contributed by atoms with Gasteiger partial charge >= 0.3 is 24.4 Å². The molecule has 0 saturated carbocycles. The largest absolute Gasteiger partial charge is 0.465 e. The highest BCUT2D eigenvalue weighted by atomic mass is 28.1. The second kappa shape index (κ2) is 23.3. The van der Waals surface area contributed by atoms with Crippen LogP contribution in [0, 0.1) is 0 Å². The molecule has 0 radical (unpaired) electrons. The first-order valence-corrected chi connectivity index (χ1v) is 2.87. The monoisotopic (exact) mass is 276 g/mol. The molecule has 0 aliphatic heterocycles. The molecule has 0 fully saturated rings. The zero-order valence-corrected chi connectivity index (χ0v) is 7.73. The van der Waals surface area contributed by atoms with E-state index in [9.17, 15) is 0 Å². The van der Waals surface area contributed by atoms with Gasteiger partial charge in [0.25, 0.3) is 0 Å². The summed E-state index contributed by atoms with van der Waals surface area (Å²) in [4.78, 5) is 35.1. The molecule has 0 aromatic rings. The molecule has 0 bridgehead atoms. The summed E-state index contributed by atoms with van der Waals surface area (Å²) in [7, 11) is 0. The molecule has 104 valence electrons. The quantitative estimate of drug-likeness (QED) is 0.211. The molecule has 0 heterocycles. The number of hydrogen-bond donors (Lipinski definition) is 8. The van der Waals surface area contributed by atoms with Crippen molar-refractivity contribution in [3.63, 3.8) is 0 Å². The molecular formula is C4H16N4O8Si.